The predicted octanol–water partition coefficient (Wildman–Crippen LogP) is 3.56. The topological polar surface area (TPSA) is 45.1 Å². The highest BCUT2D eigenvalue weighted by Gasteiger charge is 2.07. The van der Waals surface area contributed by atoms with Gasteiger partial charge >= 0.3 is 0 Å². The molecule has 2 heterocycles. The second kappa shape index (κ2) is 7.65. The molecular weight excluding hydrogens is 312 g/mol. The molecule has 3 rings (SSSR count). The van der Waals surface area contributed by atoms with Gasteiger partial charge in [0.15, 0.2) is 0 Å². The number of aliphatic hydroxyl groups excluding tert-OH is 1. The Labute approximate surface area is 138 Å². The van der Waals surface area contributed by atoms with E-state index in [1.54, 1.807) is 22.7 Å². The molecule has 114 valence electrons. The summed E-state index contributed by atoms with van der Waals surface area (Å²) in [4.78, 5) is 5.83. The Balaban J connectivity index is 1.45. The van der Waals surface area contributed by atoms with E-state index in [1.165, 1.54) is 4.88 Å². The van der Waals surface area contributed by atoms with Crippen molar-refractivity contribution in [1.29, 1.82) is 0 Å². The van der Waals surface area contributed by atoms with Gasteiger partial charge in [-0.15, -0.1) is 22.7 Å². The number of aliphatic hydroxyl groups is 1. The monoisotopic (exact) mass is 330 g/mol. The summed E-state index contributed by atoms with van der Waals surface area (Å²) in [6.45, 7) is 1.26. The Morgan fingerprint density at radius 2 is 1.95 bits per heavy atom. The standard InChI is InChI=1S/C17H18N2OS2/c20-15(9-13-5-2-1-3-6-13)11-18-10-14-12-22-17(19-14)16-7-4-8-21-16/h1-8,12,15,18,20H,9-11H2. The molecule has 0 radical (unpaired) electrons. The van der Waals surface area contributed by atoms with Crippen LogP contribution in [-0.2, 0) is 13.0 Å². The Kier molecular flexibility index (Phi) is 5.34. The van der Waals surface area contributed by atoms with E-state index in [0.29, 0.717) is 19.5 Å². The third-order valence-corrected chi connectivity index (χ3v) is 5.21. The lowest BCUT2D eigenvalue weighted by Gasteiger charge is -2.11. The number of nitrogens with zero attached hydrogens (tertiary/aromatic N) is 1. The van der Waals surface area contributed by atoms with Gasteiger partial charge in [0.1, 0.15) is 5.01 Å². The van der Waals surface area contributed by atoms with Crippen LogP contribution in [0.3, 0.4) is 0 Å². The van der Waals surface area contributed by atoms with E-state index in [4.69, 9.17) is 0 Å². The van der Waals surface area contributed by atoms with Crippen LogP contribution < -0.4 is 5.32 Å². The quantitative estimate of drug-likeness (QED) is 0.696. The van der Waals surface area contributed by atoms with E-state index < -0.39 is 0 Å². The fourth-order valence-corrected chi connectivity index (χ4v) is 3.86. The van der Waals surface area contributed by atoms with Crippen LogP contribution in [0.4, 0.5) is 0 Å². The minimum atomic E-state index is -0.377. The Morgan fingerprint density at radius 3 is 2.73 bits per heavy atom. The molecule has 3 nitrogen and oxygen atoms in total. The number of thiophene rings is 1. The Bertz CT molecular complexity index is 680. The number of rotatable bonds is 7. The van der Waals surface area contributed by atoms with Gasteiger partial charge in [0.25, 0.3) is 0 Å². The molecule has 3 aromatic rings. The van der Waals surface area contributed by atoms with Crippen molar-refractivity contribution < 1.29 is 5.11 Å². The molecule has 1 aromatic carbocycles. The molecule has 1 atom stereocenters. The van der Waals surface area contributed by atoms with Crippen LogP contribution >= 0.6 is 22.7 Å². The average molecular weight is 330 g/mol. The number of hydrogen-bond donors (Lipinski definition) is 2. The SMILES string of the molecule is OC(CNCc1csc(-c2cccs2)n1)Cc1ccccc1. The van der Waals surface area contributed by atoms with E-state index in [0.717, 1.165) is 16.3 Å². The molecule has 0 aliphatic rings. The van der Waals surface area contributed by atoms with Gasteiger partial charge in [-0.3, -0.25) is 0 Å². The zero-order chi connectivity index (χ0) is 15.2. The fraction of sp³-hybridized carbons (Fsp3) is 0.235. The minimum absolute atomic E-state index is 0.377. The smallest absolute Gasteiger partial charge is 0.133 e. The van der Waals surface area contributed by atoms with Crippen LogP contribution in [0.15, 0.2) is 53.2 Å². The molecule has 0 bridgehead atoms. The Morgan fingerprint density at radius 1 is 1.09 bits per heavy atom. The van der Waals surface area contributed by atoms with Crippen molar-refractivity contribution in [3.05, 3.63) is 64.5 Å². The number of nitrogens with one attached hydrogen (secondary N) is 1. The van der Waals surface area contributed by atoms with Gasteiger partial charge in [0.2, 0.25) is 0 Å². The minimum Gasteiger partial charge on any atom is -0.391 e. The summed E-state index contributed by atoms with van der Waals surface area (Å²) in [6, 6.07) is 14.2. The average Bonchev–Trinajstić information content (AvgIpc) is 3.19. The van der Waals surface area contributed by atoms with Crippen LogP contribution in [0.2, 0.25) is 0 Å². The molecular formula is C17H18N2OS2. The predicted molar refractivity (Wildman–Crippen MR) is 93.3 cm³/mol. The maximum Gasteiger partial charge on any atom is 0.133 e. The van der Waals surface area contributed by atoms with Crippen molar-refractivity contribution >= 4 is 22.7 Å². The first-order chi connectivity index (χ1) is 10.8. The third kappa shape index (κ3) is 4.24. The second-order valence-electron chi connectivity index (χ2n) is 5.10. The van der Waals surface area contributed by atoms with Crippen LogP contribution in [0.25, 0.3) is 9.88 Å². The molecule has 0 aliphatic carbocycles. The molecule has 0 spiro atoms. The highest BCUT2D eigenvalue weighted by Crippen LogP contribution is 2.27. The summed E-state index contributed by atoms with van der Waals surface area (Å²) in [5, 5.41) is 18.5. The zero-order valence-corrected chi connectivity index (χ0v) is 13.7. The summed E-state index contributed by atoms with van der Waals surface area (Å²) in [7, 11) is 0. The van der Waals surface area contributed by atoms with Crippen LogP contribution in [0.1, 0.15) is 11.3 Å². The number of hydrogen-bond acceptors (Lipinski definition) is 5. The van der Waals surface area contributed by atoms with Crippen LogP contribution in [0, 0.1) is 0 Å². The van der Waals surface area contributed by atoms with E-state index in [-0.39, 0.29) is 6.10 Å². The largest absolute Gasteiger partial charge is 0.391 e. The van der Waals surface area contributed by atoms with Crippen LogP contribution in [-0.4, -0.2) is 22.7 Å². The number of thiazole rings is 1. The van der Waals surface area contributed by atoms with E-state index in [1.807, 2.05) is 36.4 Å². The van der Waals surface area contributed by atoms with Gasteiger partial charge in [0, 0.05) is 18.5 Å². The second-order valence-corrected chi connectivity index (χ2v) is 6.90. The number of benzene rings is 1. The van der Waals surface area contributed by atoms with Gasteiger partial charge in [-0.2, -0.15) is 0 Å². The molecule has 5 heteroatoms. The van der Waals surface area contributed by atoms with Crippen molar-refractivity contribution in [3.63, 3.8) is 0 Å². The maximum atomic E-state index is 10.1. The molecule has 0 saturated heterocycles. The highest BCUT2D eigenvalue weighted by molar-refractivity contribution is 7.20. The molecule has 0 fully saturated rings. The van der Waals surface area contributed by atoms with Gasteiger partial charge in [0.05, 0.1) is 16.7 Å². The van der Waals surface area contributed by atoms with Crippen molar-refractivity contribution in [2.24, 2.45) is 0 Å². The summed E-state index contributed by atoms with van der Waals surface area (Å²) in [6.07, 6.45) is 0.295. The number of aromatic nitrogens is 1. The molecule has 0 saturated carbocycles. The molecule has 2 N–H and O–H groups in total. The molecule has 0 amide bonds. The van der Waals surface area contributed by atoms with Crippen molar-refractivity contribution in [2.45, 2.75) is 19.1 Å². The zero-order valence-electron chi connectivity index (χ0n) is 12.1. The molecule has 0 aliphatic heterocycles. The summed E-state index contributed by atoms with van der Waals surface area (Å²) < 4.78 is 0. The van der Waals surface area contributed by atoms with E-state index >= 15 is 0 Å². The highest BCUT2D eigenvalue weighted by atomic mass is 32.1. The van der Waals surface area contributed by atoms with E-state index in [2.05, 4.69) is 27.1 Å². The van der Waals surface area contributed by atoms with Crippen molar-refractivity contribution in [1.82, 2.24) is 10.3 Å². The third-order valence-electron chi connectivity index (χ3n) is 3.28. The van der Waals surface area contributed by atoms with Gasteiger partial charge in [-0.1, -0.05) is 36.4 Å². The lowest BCUT2D eigenvalue weighted by Crippen LogP contribution is -2.28. The van der Waals surface area contributed by atoms with E-state index in [9.17, 15) is 5.11 Å². The van der Waals surface area contributed by atoms with Gasteiger partial charge < -0.3 is 10.4 Å². The van der Waals surface area contributed by atoms with Crippen molar-refractivity contribution in [3.8, 4) is 9.88 Å². The first-order valence-corrected chi connectivity index (χ1v) is 8.98. The first kappa shape index (κ1) is 15.4. The van der Waals surface area contributed by atoms with Crippen LogP contribution in [0.5, 0.6) is 0 Å². The first-order valence-electron chi connectivity index (χ1n) is 7.22. The van der Waals surface area contributed by atoms with Crippen molar-refractivity contribution in [2.75, 3.05) is 6.54 Å². The fourth-order valence-electron chi connectivity index (χ4n) is 2.23. The van der Waals surface area contributed by atoms with Gasteiger partial charge in [-0.25, -0.2) is 4.98 Å². The summed E-state index contributed by atoms with van der Waals surface area (Å²) >= 11 is 3.37. The Hall–Kier alpha value is -1.53. The molecule has 22 heavy (non-hydrogen) atoms. The maximum absolute atomic E-state index is 10.1. The van der Waals surface area contributed by atoms with Gasteiger partial charge in [-0.05, 0) is 23.4 Å². The lowest BCUT2D eigenvalue weighted by atomic mass is 10.1. The lowest BCUT2D eigenvalue weighted by molar-refractivity contribution is 0.171. The summed E-state index contributed by atoms with van der Waals surface area (Å²) in [5.74, 6) is 0. The summed E-state index contributed by atoms with van der Waals surface area (Å²) in [5.41, 5.74) is 2.19. The molecule has 1 unspecified atom stereocenters. The molecule has 2 aromatic heterocycles. The normalized spacial score (nSPS) is 12.4.